The van der Waals surface area contributed by atoms with Gasteiger partial charge in [0.05, 0.1) is 34.6 Å². The van der Waals surface area contributed by atoms with Crippen LogP contribution in [0.5, 0.6) is 0 Å². The van der Waals surface area contributed by atoms with Crippen LogP contribution in [0.1, 0.15) is 27.3 Å². The van der Waals surface area contributed by atoms with Gasteiger partial charge in [-0.2, -0.15) is 31.4 Å². The van der Waals surface area contributed by atoms with E-state index in [1.807, 2.05) is 0 Å². The quantitative estimate of drug-likeness (QED) is 0.230. The number of benzene rings is 2. The molecule has 0 saturated carbocycles. The Kier molecular flexibility index (Phi) is 7.66. The van der Waals surface area contributed by atoms with Crippen LogP contribution in [0.3, 0.4) is 0 Å². The van der Waals surface area contributed by atoms with Crippen molar-refractivity contribution in [1.29, 1.82) is 0 Å². The lowest BCUT2D eigenvalue weighted by Gasteiger charge is -2.12. The number of hydrogen-bond acceptors (Lipinski definition) is 6. The van der Waals surface area contributed by atoms with Crippen molar-refractivity contribution in [2.45, 2.75) is 23.8 Å². The second kappa shape index (κ2) is 11.1. The molecule has 0 aliphatic carbocycles. The molecule has 0 aliphatic rings. The van der Waals surface area contributed by atoms with E-state index in [0.29, 0.717) is 28.4 Å². The van der Waals surface area contributed by atoms with Crippen molar-refractivity contribution < 1.29 is 39.6 Å². The summed E-state index contributed by atoms with van der Waals surface area (Å²) in [5, 5.41) is 6.07. The van der Waals surface area contributed by atoms with Crippen LogP contribution in [0.2, 0.25) is 0 Å². The van der Waals surface area contributed by atoms with Gasteiger partial charge in [0.25, 0.3) is 5.91 Å². The maximum atomic E-state index is 13.9. The molecule has 43 heavy (non-hydrogen) atoms. The van der Waals surface area contributed by atoms with Crippen LogP contribution >= 0.6 is 0 Å². The number of pyridine rings is 1. The summed E-state index contributed by atoms with van der Waals surface area (Å²) in [6.07, 6.45) is -7.28. The summed E-state index contributed by atoms with van der Waals surface area (Å²) in [6.45, 7) is -0.101. The van der Waals surface area contributed by atoms with Crippen LogP contribution in [-0.2, 0) is 28.9 Å². The Morgan fingerprint density at radius 2 is 1.63 bits per heavy atom. The van der Waals surface area contributed by atoms with Crippen LogP contribution in [0.15, 0.2) is 90.1 Å². The highest BCUT2D eigenvalue weighted by Gasteiger charge is 2.36. The summed E-state index contributed by atoms with van der Waals surface area (Å²) < 4.78 is 109. The van der Waals surface area contributed by atoms with E-state index in [4.69, 9.17) is 0 Å². The van der Waals surface area contributed by atoms with Crippen LogP contribution in [0.4, 0.5) is 32.0 Å². The molecular formula is C27H18F6N6O3S. The highest BCUT2D eigenvalue weighted by molar-refractivity contribution is 7.89. The van der Waals surface area contributed by atoms with E-state index in [9.17, 15) is 39.6 Å². The number of carbonyl (C=O) groups is 1. The van der Waals surface area contributed by atoms with E-state index >= 15 is 0 Å². The zero-order chi connectivity index (χ0) is 31.0. The number of carbonyl (C=O) groups excluding carboxylic acids is 1. The SMILES string of the molecule is O=C(Nc1cccc(S(=O)(=O)NCc2ccccn2)c1)c1cnn2c(C(F)(F)F)cc(-c3ccc(C(F)(F)F)cc3)nc12. The molecule has 0 fully saturated rings. The zero-order valence-corrected chi connectivity index (χ0v) is 22.3. The van der Waals surface area contributed by atoms with Crippen molar-refractivity contribution in [2.75, 3.05) is 5.32 Å². The van der Waals surface area contributed by atoms with Crippen molar-refractivity contribution in [3.63, 3.8) is 0 Å². The van der Waals surface area contributed by atoms with Crippen LogP contribution in [0.25, 0.3) is 16.9 Å². The van der Waals surface area contributed by atoms with Crippen LogP contribution < -0.4 is 10.0 Å². The Morgan fingerprint density at radius 3 is 2.28 bits per heavy atom. The van der Waals surface area contributed by atoms with Crippen molar-refractivity contribution in [3.8, 4) is 11.3 Å². The average Bonchev–Trinajstić information content (AvgIpc) is 3.40. The molecule has 0 atom stereocenters. The van der Waals surface area contributed by atoms with Crippen molar-refractivity contribution >= 4 is 27.3 Å². The zero-order valence-electron chi connectivity index (χ0n) is 21.5. The lowest BCUT2D eigenvalue weighted by atomic mass is 10.1. The molecule has 16 heteroatoms. The average molecular weight is 621 g/mol. The van der Waals surface area contributed by atoms with Crippen molar-refractivity contribution in [3.05, 3.63) is 108 Å². The Morgan fingerprint density at radius 1 is 0.884 bits per heavy atom. The second-order valence-corrected chi connectivity index (χ2v) is 10.8. The van der Waals surface area contributed by atoms with Gasteiger partial charge in [0.1, 0.15) is 5.56 Å². The molecule has 2 N–H and O–H groups in total. The van der Waals surface area contributed by atoms with Crippen molar-refractivity contribution in [1.82, 2.24) is 24.3 Å². The maximum absolute atomic E-state index is 13.9. The summed E-state index contributed by atoms with van der Waals surface area (Å²) in [4.78, 5) is 21.1. The fourth-order valence-corrected chi connectivity index (χ4v) is 5.04. The van der Waals surface area contributed by atoms with Crippen LogP contribution in [-0.4, -0.2) is 33.9 Å². The molecule has 3 aromatic heterocycles. The van der Waals surface area contributed by atoms with Gasteiger partial charge in [0.15, 0.2) is 11.3 Å². The number of alkyl halides is 6. The van der Waals surface area contributed by atoms with Crippen molar-refractivity contribution in [2.24, 2.45) is 0 Å². The van der Waals surface area contributed by atoms with Gasteiger partial charge in [0, 0.05) is 17.4 Å². The van der Waals surface area contributed by atoms with Gasteiger partial charge >= 0.3 is 12.4 Å². The third kappa shape index (κ3) is 6.49. The fourth-order valence-electron chi connectivity index (χ4n) is 4.00. The van der Waals surface area contributed by atoms with E-state index in [0.717, 1.165) is 24.4 Å². The van der Waals surface area contributed by atoms with E-state index in [1.54, 1.807) is 18.2 Å². The summed E-state index contributed by atoms with van der Waals surface area (Å²) in [5.74, 6) is -0.962. The second-order valence-electron chi connectivity index (χ2n) is 9.02. The minimum Gasteiger partial charge on any atom is -0.322 e. The number of anilines is 1. The third-order valence-electron chi connectivity index (χ3n) is 6.09. The number of nitrogens with zero attached hydrogens (tertiary/aromatic N) is 4. The third-order valence-corrected chi connectivity index (χ3v) is 7.49. The monoisotopic (exact) mass is 620 g/mol. The number of halogens is 6. The highest BCUT2D eigenvalue weighted by Crippen LogP contribution is 2.34. The summed E-state index contributed by atoms with van der Waals surface area (Å²) in [7, 11) is -4.04. The normalized spacial score (nSPS) is 12.4. The molecule has 0 radical (unpaired) electrons. The van der Waals surface area contributed by atoms with Crippen LogP contribution in [0, 0.1) is 0 Å². The minimum atomic E-state index is -4.97. The molecule has 0 bridgehead atoms. The molecule has 0 unspecified atom stereocenters. The summed E-state index contributed by atoms with van der Waals surface area (Å²) in [6, 6.07) is 14.1. The lowest BCUT2D eigenvalue weighted by molar-refractivity contribution is -0.142. The molecule has 0 aliphatic heterocycles. The largest absolute Gasteiger partial charge is 0.433 e. The summed E-state index contributed by atoms with van der Waals surface area (Å²) in [5.41, 5.74) is -3.21. The van der Waals surface area contributed by atoms with E-state index in [2.05, 4.69) is 25.1 Å². The number of sulfonamides is 1. The maximum Gasteiger partial charge on any atom is 0.433 e. The summed E-state index contributed by atoms with van der Waals surface area (Å²) >= 11 is 0. The Hall–Kier alpha value is -4.83. The standard InChI is InChI=1S/C27H18F6N6O3S/c28-26(29,30)17-9-7-16(8-10-17)22-13-23(27(31,32)33)39-24(38-22)21(15-35-39)25(40)37-18-5-3-6-20(12-18)43(41,42)36-14-19-4-1-2-11-34-19/h1-13,15,36H,14H2,(H,37,40). The Balaban J connectivity index is 1.45. The molecule has 0 spiro atoms. The number of fused-ring (bicyclic) bond motifs is 1. The van der Waals surface area contributed by atoms with Gasteiger partial charge in [0.2, 0.25) is 10.0 Å². The number of aromatic nitrogens is 4. The van der Waals surface area contributed by atoms with E-state index in [-0.39, 0.29) is 28.4 Å². The molecule has 2 aromatic carbocycles. The molecule has 9 nitrogen and oxygen atoms in total. The fraction of sp³-hybridized carbons (Fsp3) is 0.111. The van der Waals surface area contributed by atoms with Gasteiger partial charge < -0.3 is 5.32 Å². The predicted octanol–water partition coefficient (Wildman–Crippen LogP) is 5.56. The predicted molar refractivity (Wildman–Crippen MR) is 141 cm³/mol. The smallest absolute Gasteiger partial charge is 0.322 e. The number of nitrogens with one attached hydrogen (secondary N) is 2. The number of hydrogen-bond donors (Lipinski definition) is 2. The molecule has 222 valence electrons. The molecule has 1 amide bonds. The van der Waals surface area contributed by atoms with E-state index < -0.39 is 50.8 Å². The van der Waals surface area contributed by atoms with Gasteiger partial charge in [-0.1, -0.05) is 24.3 Å². The molecule has 5 aromatic rings. The van der Waals surface area contributed by atoms with Gasteiger partial charge in [-0.25, -0.2) is 22.6 Å². The number of amides is 1. The Bertz CT molecular complexity index is 1910. The van der Waals surface area contributed by atoms with Gasteiger partial charge in [-0.15, -0.1) is 0 Å². The minimum absolute atomic E-state index is 0.0000000190. The highest BCUT2D eigenvalue weighted by atomic mass is 32.2. The first-order valence-electron chi connectivity index (χ1n) is 12.2. The molecule has 5 rings (SSSR count). The first-order valence-corrected chi connectivity index (χ1v) is 13.7. The first-order chi connectivity index (χ1) is 20.2. The Labute approximate surface area is 239 Å². The van der Waals surface area contributed by atoms with Gasteiger partial charge in [-0.05, 0) is 48.5 Å². The first kappa shape index (κ1) is 29.7. The molecular weight excluding hydrogens is 602 g/mol. The lowest BCUT2D eigenvalue weighted by Crippen LogP contribution is -2.24. The topological polar surface area (TPSA) is 118 Å². The number of rotatable bonds is 7. The van der Waals surface area contributed by atoms with Gasteiger partial charge in [-0.3, -0.25) is 9.78 Å². The molecule has 0 saturated heterocycles. The molecule has 3 heterocycles. The van der Waals surface area contributed by atoms with E-state index in [1.165, 1.54) is 24.4 Å².